The van der Waals surface area contributed by atoms with E-state index in [1.165, 1.54) is 38.8 Å². The Labute approximate surface area is 134 Å². The van der Waals surface area contributed by atoms with E-state index in [4.69, 9.17) is 0 Å². The summed E-state index contributed by atoms with van der Waals surface area (Å²) in [6, 6.07) is 0. The zero-order chi connectivity index (χ0) is 15.8. The quantitative estimate of drug-likeness (QED) is 0.776. The number of amides is 1. The largest absolute Gasteiger partial charge is 0.342 e. The maximum Gasteiger partial charge on any atom is 0.224 e. The number of aromatic nitrogens is 2. The third-order valence-electron chi connectivity index (χ3n) is 4.61. The van der Waals surface area contributed by atoms with Crippen LogP contribution in [0.5, 0.6) is 0 Å². The van der Waals surface area contributed by atoms with Gasteiger partial charge >= 0.3 is 0 Å². The predicted octanol–water partition coefficient (Wildman–Crippen LogP) is 2.31. The molecule has 2 rings (SSSR count). The van der Waals surface area contributed by atoms with Crippen LogP contribution in [-0.4, -0.2) is 58.0 Å². The van der Waals surface area contributed by atoms with Gasteiger partial charge in [0.15, 0.2) is 0 Å². The average molecular weight is 306 g/mol. The number of nitrogens with zero attached hydrogens (tertiary/aromatic N) is 4. The Hall–Kier alpha value is -1.36. The first-order valence-electron chi connectivity index (χ1n) is 8.68. The molecule has 1 aromatic heterocycles. The Morgan fingerprint density at radius 3 is 2.55 bits per heavy atom. The lowest BCUT2D eigenvalue weighted by molar-refractivity contribution is -0.131. The van der Waals surface area contributed by atoms with Crippen molar-refractivity contribution in [1.82, 2.24) is 19.4 Å². The van der Waals surface area contributed by atoms with E-state index < -0.39 is 0 Å². The molecule has 0 saturated carbocycles. The Balaban J connectivity index is 1.74. The summed E-state index contributed by atoms with van der Waals surface area (Å²) in [5.41, 5.74) is 0. The van der Waals surface area contributed by atoms with Gasteiger partial charge in [-0.1, -0.05) is 12.8 Å². The van der Waals surface area contributed by atoms with E-state index in [-0.39, 0.29) is 5.91 Å². The van der Waals surface area contributed by atoms with Crippen molar-refractivity contribution in [3.8, 4) is 0 Å². The van der Waals surface area contributed by atoms with Crippen LogP contribution >= 0.6 is 0 Å². The van der Waals surface area contributed by atoms with Gasteiger partial charge in [0.1, 0.15) is 5.82 Å². The summed E-state index contributed by atoms with van der Waals surface area (Å²) >= 11 is 0. The summed E-state index contributed by atoms with van der Waals surface area (Å²) in [5.74, 6) is 1.23. The number of likely N-dealkylation sites (tertiary alicyclic amines) is 1. The van der Waals surface area contributed by atoms with Crippen molar-refractivity contribution in [1.29, 1.82) is 0 Å². The second kappa shape index (κ2) is 8.93. The number of hydrogen-bond donors (Lipinski definition) is 0. The minimum Gasteiger partial charge on any atom is -0.342 e. The highest BCUT2D eigenvalue weighted by Crippen LogP contribution is 2.09. The minimum absolute atomic E-state index is 0.255. The fourth-order valence-electron chi connectivity index (χ4n) is 3.10. The first-order chi connectivity index (χ1) is 10.7. The number of imidazole rings is 1. The Bertz CT molecular complexity index is 449. The van der Waals surface area contributed by atoms with Crippen molar-refractivity contribution in [2.45, 2.75) is 52.5 Å². The van der Waals surface area contributed by atoms with Crippen LogP contribution in [0.1, 0.15) is 44.9 Å². The van der Waals surface area contributed by atoms with Crippen molar-refractivity contribution in [3.63, 3.8) is 0 Å². The third kappa shape index (κ3) is 5.13. The fourth-order valence-corrected chi connectivity index (χ4v) is 3.10. The molecule has 0 radical (unpaired) electrons. The van der Waals surface area contributed by atoms with E-state index in [2.05, 4.69) is 16.8 Å². The number of carbonyl (C=O) groups is 1. The molecule has 1 aliphatic heterocycles. The number of rotatable bonds is 7. The van der Waals surface area contributed by atoms with Crippen LogP contribution in [0.25, 0.3) is 0 Å². The van der Waals surface area contributed by atoms with Gasteiger partial charge < -0.3 is 14.4 Å². The molecule has 1 saturated heterocycles. The summed E-state index contributed by atoms with van der Waals surface area (Å²) in [6.45, 7) is 9.84. The van der Waals surface area contributed by atoms with Gasteiger partial charge in [-0.2, -0.15) is 0 Å². The molecule has 1 amide bonds. The highest BCUT2D eigenvalue weighted by Gasteiger charge is 2.15. The summed E-state index contributed by atoms with van der Waals surface area (Å²) in [5, 5.41) is 0. The van der Waals surface area contributed by atoms with Crippen molar-refractivity contribution in [2.24, 2.45) is 0 Å². The van der Waals surface area contributed by atoms with Crippen molar-refractivity contribution in [2.75, 3.05) is 32.7 Å². The molecule has 1 aromatic rings. The molecular formula is C17H30N4O. The topological polar surface area (TPSA) is 41.4 Å². The van der Waals surface area contributed by atoms with Crippen LogP contribution in [0.2, 0.25) is 0 Å². The van der Waals surface area contributed by atoms with E-state index in [1.807, 2.05) is 22.6 Å². The molecule has 1 aliphatic rings. The van der Waals surface area contributed by atoms with Gasteiger partial charge in [0.05, 0.1) is 0 Å². The molecule has 0 N–H and O–H groups in total. The van der Waals surface area contributed by atoms with Crippen LogP contribution in [0.15, 0.2) is 12.4 Å². The second-order valence-electron chi connectivity index (χ2n) is 6.15. The molecule has 0 bridgehead atoms. The van der Waals surface area contributed by atoms with Gasteiger partial charge in [0.25, 0.3) is 0 Å². The molecule has 2 heterocycles. The summed E-state index contributed by atoms with van der Waals surface area (Å²) in [7, 11) is 0. The van der Waals surface area contributed by atoms with Gasteiger partial charge in [0.2, 0.25) is 5.91 Å². The number of carbonyl (C=O) groups excluding carboxylic acids is 1. The highest BCUT2D eigenvalue weighted by molar-refractivity contribution is 5.76. The molecule has 0 aromatic carbocycles. The normalized spacial score (nSPS) is 16.5. The van der Waals surface area contributed by atoms with Crippen molar-refractivity contribution < 1.29 is 4.79 Å². The predicted molar refractivity (Wildman–Crippen MR) is 88.7 cm³/mol. The molecule has 1 fully saturated rings. The smallest absolute Gasteiger partial charge is 0.224 e. The standard InChI is InChI=1S/C17H30N4O/c1-3-20(15-14-19-10-6-4-5-7-11-19)17(22)8-12-21-13-9-18-16(21)2/h9,13H,3-8,10-12,14-15H2,1-2H3. The van der Waals surface area contributed by atoms with E-state index in [0.29, 0.717) is 6.42 Å². The zero-order valence-electron chi connectivity index (χ0n) is 14.1. The average Bonchev–Trinajstić information content (AvgIpc) is 2.76. The Kier molecular flexibility index (Phi) is 6.90. The molecular weight excluding hydrogens is 276 g/mol. The zero-order valence-corrected chi connectivity index (χ0v) is 14.1. The fraction of sp³-hybridized carbons (Fsp3) is 0.765. The van der Waals surface area contributed by atoms with Crippen molar-refractivity contribution in [3.05, 3.63) is 18.2 Å². The maximum absolute atomic E-state index is 12.4. The minimum atomic E-state index is 0.255. The number of likely N-dealkylation sites (N-methyl/N-ethyl adjacent to an activating group) is 1. The molecule has 124 valence electrons. The van der Waals surface area contributed by atoms with Gasteiger partial charge in [-0.25, -0.2) is 4.98 Å². The van der Waals surface area contributed by atoms with Gasteiger partial charge in [-0.05, 0) is 39.8 Å². The first kappa shape index (κ1) is 17.0. The van der Waals surface area contributed by atoms with Crippen LogP contribution in [0, 0.1) is 6.92 Å². The van der Waals surface area contributed by atoms with Crippen molar-refractivity contribution >= 4 is 5.91 Å². The first-order valence-corrected chi connectivity index (χ1v) is 8.68. The summed E-state index contributed by atoms with van der Waals surface area (Å²) in [6.07, 6.45) is 9.62. The van der Waals surface area contributed by atoms with E-state index in [1.54, 1.807) is 6.20 Å². The lowest BCUT2D eigenvalue weighted by atomic mass is 10.2. The molecule has 5 nitrogen and oxygen atoms in total. The molecule has 5 heteroatoms. The van der Waals surface area contributed by atoms with Crippen LogP contribution in [-0.2, 0) is 11.3 Å². The van der Waals surface area contributed by atoms with E-state index in [0.717, 1.165) is 32.0 Å². The van der Waals surface area contributed by atoms with E-state index in [9.17, 15) is 4.79 Å². The SMILES string of the molecule is CCN(CCN1CCCCCC1)C(=O)CCn1ccnc1C. The van der Waals surface area contributed by atoms with Gasteiger partial charge in [0, 0.05) is 45.0 Å². The van der Waals surface area contributed by atoms with Crippen LogP contribution in [0.4, 0.5) is 0 Å². The number of hydrogen-bond acceptors (Lipinski definition) is 3. The van der Waals surface area contributed by atoms with Crippen LogP contribution < -0.4 is 0 Å². The highest BCUT2D eigenvalue weighted by atomic mass is 16.2. The molecule has 22 heavy (non-hydrogen) atoms. The molecule has 0 unspecified atom stereocenters. The maximum atomic E-state index is 12.4. The Morgan fingerprint density at radius 2 is 1.95 bits per heavy atom. The monoisotopic (exact) mass is 306 g/mol. The molecule has 0 aliphatic carbocycles. The Morgan fingerprint density at radius 1 is 1.23 bits per heavy atom. The third-order valence-corrected chi connectivity index (χ3v) is 4.61. The molecule has 0 spiro atoms. The van der Waals surface area contributed by atoms with Gasteiger partial charge in [-0.3, -0.25) is 4.79 Å². The molecule has 0 atom stereocenters. The summed E-state index contributed by atoms with van der Waals surface area (Å²) in [4.78, 5) is 21.1. The van der Waals surface area contributed by atoms with E-state index >= 15 is 0 Å². The second-order valence-corrected chi connectivity index (χ2v) is 6.15. The lowest BCUT2D eigenvalue weighted by Crippen LogP contribution is -2.39. The summed E-state index contributed by atoms with van der Waals surface area (Å²) < 4.78 is 2.04. The number of aryl methyl sites for hydroxylation is 2. The van der Waals surface area contributed by atoms with Gasteiger partial charge in [-0.15, -0.1) is 0 Å². The lowest BCUT2D eigenvalue weighted by Gasteiger charge is -2.26. The van der Waals surface area contributed by atoms with Crippen LogP contribution in [0.3, 0.4) is 0 Å².